The molecule has 3 aromatic rings. The molecule has 4 rings (SSSR count). The number of carbonyl (C=O) groups excluding carboxylic acids is 2. The molecule has 0 spiro atoms. The average molecular weight is 582 g/mol. The van der Waals surface area contributed by atoms with Crippen LogP contribution in [0.5, 0.6) is 0 Å². The number of hydrogen-bond donors (Lipinski definition) is 2. The summed E-state index contributed by atoms with van der Waals surface area (Å²) in [7, 11) is 0. The van der Waals surface area contributed by atoms with Crippen LogP contribution < -0.4 is 10.6 Å². The smallest absolute Gasteiger partial charge is 0.370 e. The van der Waals surface area contributed by atoms with Crippen molar-refractivity contribution >= 4 is 46.3 Å². The summed E-state index contributed by atoms with van der Waals surface area (Å²) in [6.45, 7) is 5.87. The van der Waals surface area contributed by atoms with Crippen molar-refractivity contribution in [2.45, 2.75) is 44.7 Å². The van der Waals surface area contributed by atoms with Crippen molar-refractivity contribution in [3.05, 3.63) is 57.0 Å². The zero-order chi connectivity index (χ0) is 28.0. The van der Waals surface area contributed by atoms with Crippen molar-refractivity contribution in [2.24, 2.45) is 0 Å². The highest BCUT2D eigenvalue weighted by molar-refractivity contribution is 7.13. The molecule has 3 aromatic heterocycles. The second kappa shape index (κ2) is 12.8. The maximum absolute atomic E-state index is 13.1. The number of nitrogens with zero attached hydrogens (tertiary/aromatic N) is 5. The van der Waals surface area contributed by atoms with Crippen LogP contribution >= 0.6 is 22.9 Å². The molecule has 0 bridgehead atoms. The number of aromatic nitrogens is 4. The molecule has 1 fully saturated rings. The molecular formula is C25H27ClF3N7O2S. The van der Waals surface area contributed by atoms with Crippen LogP contribution in [0.15, 0.2) is 30.9 Å². The van der Waals surface area contributed by atoms with E-state index in [-0.39, 0.29) is 34.5 Å². The first-order valence-electron chi connectivity index (χ1n) is 12.4. The Morgan fingerprint density at radius 3 is 2.62 bits per heavy atom. The molecule has 39 heavy (non-hydrogen) atoms. The summed E-state index contributed by atoms with van der Waals surface area (Å²) >= 11 is 6.62. The number of ketones is 1. The van der Waals surface area contributed by atoms with E-state index in [0.29, 0.717) is 16.9 Å². The fraction of sp³-hybridized carbons (Fsp3) is 0.440. The number of rotatable bonds is 11. The van der Waals surface area contributed by atoms with Crippen LogP contribution in [0.1, 0.15) is 69.3 Å². The summed E-state index contributed by atoms with van der Waals surface area (Å²) < 4.78 is 39.2. The number of nitrogens with one attached hydrogen (secondary N) is 2. The maximum atomic E-state index is 13.1. The Morgan fingerprint density at radius 1 is 1.10 bits per heavy atom. The van der Waals surface area contributed by atoms with Gasteiger partial charge in [0.1, 0.15) is 28.5 Å². The molecule has 1 atom stereocenters. The highest BCUT2D eigenvalue weighted by Gasteiger charge is 2.34. The molecule has 1 unspecified atom stereocenters. The molecule has 0 saturated carbocycles. The molecule has 208 valence electrons. The van der Waals surface area contributed by atoms with E-state index in [4.69, 9.17) is 11.6 Å². The Labute approximate surface area is 232 Å². The quantitative estimate of drug-likeness (QED) is 0.225. The Kier molecular flexibility index (Phi) is 9.46. The van der Waals surface area contributed by atoms with Crippen molar-refractivity contribution in [1.29, 1.82) is 0 Å². The summed E-state index contributed by atoms with van der Waals surface area (Å²) in [5.74, 6) is -0.895. The topological polar surface area (TPSA) is 113 Å². The molecule has 0 radical (unpaired) electrons. The van der Waals surface area contributed by atoms with Gasteiger partial charge in [0, 0.05) is 31.1 Å². The summed E-state index contributed by atoms with van der Waals surface area (Å²) in [6.07, 6.45) is 2.39. The van der Waals surface area contributed by atoms with Gasteiger partial charge >= 0.3 is 6.18 Å². The number of alkyl halides is 3. The maximum Gasteiger partial charge on any atom is 0.418 e. The number of hydrogen-bond acceptors (Lipinski definition) is 9. The molecular weight excluding hydrogens is 555 g/mol. The number of amides is 1. The van der Waals surface area contributed by atoms with Gasteiger partial charge in [0.2, 0.25) is 0 Å². The van der Waals surface area contributed by atoms with Crippen molar-refractivity contribution in [3.63, 3.8) is 0 Å². The predicted octanol–water partition coefficient (Wildman–Crippen LogP) is 5.53. The number of anilines is 2. The van der Waals surface area contributed by atoms with E-state index in [0.717, 1.165) is 50.1 Å². The van der Waals surface area contributed by atoms with Gasteiger partial charge in [0.25, 0.3) is 5.91 Å². The van der Waals surface area contributed by atoms with Gasteiger partial charge in [-0.2, -0.15) is 13.2 Å². The summed E-state index contributed by atoms with van der Waals surface area (Å²) in [6, 6.07) is 2.29. The minimum Gasteiger partial charge on any atom is -0.370 e. The predicted molar refractivity (Wildman–Crippen MR) is 142 cm³/mol. The minimum atomic E-state index is -4.69. The number of Topliss-reactive ketones (excluding diaryl/α,β-unsaturated/α-hetero) is 1. The first kappa shape index (κ1) is 28.8. The van der Waals surface area contributed by atoms with Crippen LogP contribution in [0.4, 0.5) is 24.8 Å². The fourth-order valence-electron chi connectivity index (χ4n) is 4.12. The third kappa shape index (κ3) is 7.93. The lowest BCUT2D eigenvalue weighted by Crippen LogP contribution is -2.22. The van der Waals surface area contributed by atoms with Gasteiger partial charge < -0.3 is 15.5 Å². The molecule has 1 aliphatic rings. The van der Waals surface area contributed by atoms with Crippen molar-refractivity contribution in [3.8, 4) is 0 Å². The molecule has 0 aromatic carbocycles. The van der Waals surface area contributed by atoms with Crippen molar-refractivity contribution in [1.82, 2.24) is 24.8 Å². The molecule has 4 heterocycles. The molecule has 1 saturated heterocycles. The summed E-state index contributed by atoms with van der Waals surface area (Å²) in [5, 5.41) is 5.53. The van der Waals surface area contributed by atoms with Crippen LogP contribution in [0.3, 0.4) is 0 Å². The van der Waals surface area contributed by atoms with Crippen LogP contribution in [0.25, 0.3) is 0 Å². The second-order valence-electron chi connectivity index (χ2n) is 9.21. The Hall–Kier alpha value is -3.16. The molecule has 9 nitrogen and oxygen atoms in total. The zero-order valence-corrected chi connectivity index (χ0v) is 22.7. The number of likely N-dealkylation sites (tertiary alicyclic amines) is 1. The minimum absolute atomic E-state index is 0.105. The summed E-state index contributed by atoms with van der Waals surface area (Å²) in [4.78, 5) is 44.3. The van der Waals surface area contributed by atoms with E-state index in [1.807, 2.05) is 0 Å². The number of carbonyl (C=O) groups is 2. The molecule has 14 heteroatoms. The van der Waals surface area contributed by atoms with Crippen LogP contribution in [-0.4, -0.2) is 62.7 Å². The first-order valence-corrected chi connectivity index (χ1v) is 13.6. The van der Waals surface area contributed by atoms with E-state index in [1.165, 1.54) is 25.4 Å². The highest BCUT2D eigenvalue weighted by atomic mass is 35.5. The number of halogens is 4. The van der Waals surface area contributed by atoms with Gasteiger partial charge in [-0.15, -0.1) is 11.3 Å². The Balaban J connectivity index is 1.31. The number of thiazole rings is 1. The summed E-state index contributed by atoms with van der Waals surface area (Å²) in [5.41, 5.74) is -0.820. The van der Waals surface area contributed by atoms with E-state index < -0.39 is 22.7 Å². The normalized spacial score (nSPS) is 14.8. The fourth-order valence-corrected chi connectivity index (χ4v) is 5.20. The molecule has 0 aliphatic carbocycles. The van der Waals surface area contributed by atoms with Gasteiger partial charge in [-0.05, 0) is 45.0 Å². The molecule has 1 amide bonds. The van der Waals surface area contributed by atoms with Crippen LogP contribution in [0, 0.1) is 0 Å². The van der Waals surface area contributed by atoms with E-state index >= 15 is 0 Å². The van der Waals surface area contributed by atoms with Gasteiger partial charge in [0.15, 0.2) is 5.78 Å². The molecule has 2 N–H and O–H groups in total. The lowest BCUT2D eigenvalue weighted by atomic mass is 10.0. The number of pyridine rings is 1. The van der Waals surface area contributed by atoms with Gasteiger partial charge in [-0.3, -0.25) is 9.59 Å². The van der Waals surface area contributed by atoms with Gasteiger partial charge in [-0.1, -0.05) is 18.5 Å². The standard InChI is InChI=1S/C25H27ClF3N7O2S/c1-15(9-19(37)18-11-21(34-14-33-18)30-5-4-8-36-6-2-3-7-36)24-32-13-20(39-24)23(38)35-22-10-16(25(27,28)29)17(26)12-31-22/h10-15H,2-9H2,1H3,(H,30,33,34)(H,31,35,38). The average Bonchev–Trinajstić information content (AvgIpc) is 3.60. The first-order chi connectivity index (χ1) is 18.6. The lowest BCUT2D eigenvalue weighted by molar-refractivity contribution is -0.137. The SMILES string of the molecule is CC(CC(=O)c1cc(NCCCN2CCCC2)ncn1)c1ncc(C(=O)Nc2cc(C(F)(F)F)c(Cl)cn2)s1. The Bertz CT molecular complexity index is 1310. The van der Waals surface area contributed by atoms with Crippen molar-refractivity contribution in [2.75, 3.05) is 36.8 Å². The van der Waals surface area contributed by atoms with E-state index in [2.05, 4.69) is 35.5 Å². The zero-order valence-electron chi connectivity index (χ0n) is 21.1. The lowest BCUT2D eigenvalue weighted by Gasteiger charge is -2.14. The highest BCUT2D eigenvalue weighted by Crippen LogP contribution is 2.35. The van der Waals surface area contributed by atoms with Gasteiger partial charge in [-0.25, -0.2) is 19.9 Å². The van der Waals surface area contributed by atoms with E-state index in [1.54, 1.807) is 13.0 Å². The van der Waals surface area contributed by atoms with Gasteiger partial charge in [0.05, 0.1) is 21.8 Å². The second-order valence-corrected chi connectivity index (χ2v) is 10.7. The van der Waals surface area contributed by atoms with Crippen LogP contribution in [-0.2, 0) is 6.18 Å². The van der Waals surface area contributed by atoms with Crippen LogP contribution in [0.2, 0.25) is 5.02 Å². The Morgan fingerprint density at radius 2 is 1.87 bits per heavy atom. The third-order valence-corrected chi connectivity index (χ3v) is 7.70. The monoisotopic (exact) mass is 581 g/mol. The largest absolute Gasteiger partial charge is 0.418 e. The third-order valence-electron chi connectivity index (χ3n) is 6.17. The van der Waals surface area contributed by atoms with Crippen molar-refractivity contribution < 1.29 is 22.8 Å². The van der Waals surface area contributed by atoms with E-state index in [9.17, 15) is 22.8 Å². The molecule has 1 aliphatic heterocycles.